The predicted molar refractivity (Wildman–Crippen MR) is 115 cm³/mol. The highest BCUT2D eigenvalue weighted by molar-refractivity contribution is 14.1. The Labute approximate surface area is 180 Å². The van der Waals surface area contributed by atoms with E-state index in [-0.39, 0.29) is 19.1 Å². The van der Waals surface area contributed by atoms with Crippen LogP contribution in [0.1, 0.15) is 33.6 Å². The van der Waals surface area contributed by atoms with Gasteiger partial charge in [-0.25, -0.2) is 9.78 Å². The number of likely N-dealkylation sites (tertiary alicyclic amines) is 1. The van der Waals surface area contributed by atoms with Crippen molar-refractivity contribution in [1.29, 1.82) is 0 Å². The van der Waals surface area contributed by atoms with Gasteiger partial charge in [-0.1, -0.05) is 6.08 Å². The summed E-state index contributed by atoms with van der Waals surface area (Å²) in [5.74, 6) is 0.491. The lowest BCUT2D eigenvalue weighted by Crippen LogP contribution is -2.39. The first-order valence-corrected chi connectivity index (χ1v) is 10.5. The predicted octanol–water partition coefficient (Wildman–Crippen LogP) is 3.48. The summed E-state index contributed by atoms with van der Waals surface area (Å²) in [7, 11) is 0. The van der Waals surface area contributed by atoms with Crippen molar-refractivity contribution in [3.05, 3.63) is 34.1 Å². The minimum absolute atomic E-state index is 0.0130. The van der Waals surface area contributed by atoms with E-state index >= 15 is 0 Å². The molecule has 28 heavy (non-hydrogen) atoms. The van der Waals surface area contributed by atoms with Crippen LogP contribution in [0, 0.1) is 3.57 Å². The first-order valence-electron chi connectivity index (χ1n) is 9.42. The van der Waals surface area contributed by atoms with E-state index in [9.17, 15) is 9.59 Å². The van der Waals surface area contributed by atoms with Gasteiger partial charge >= 0.3 is 6.09 Å². The fraction of sp³-hybridized carbons (Fsp3) is 0.550. The molecule has 2 rings (SSSR count). The van der Waals surface area contributed by atoms with Crippen LogP contribution in [-0.4, -0.2) is 65.2 Å². The third-order valence-electron chi connectivity index (χ3n) is 3.97. The van der Waals surface area contributed by atoms with Crippen molar-refractivity contribution < 1.29 is 19.1 Å². The van der Waals surface area contributed by atoms with Gasteiger partial charge in [0.25, 0.3) is 0 Å². The number of carbonyl (C=O) groups excluding carboxylic acids is 2. The fourth-order valence-corrected chi connectivity index (χ4v) is 2.93. The van der Waals surface area contributed by atoms with E-state index in [1.165, 1.54) is 11.0 Å². The average molecular weight is 501 g/mol. The summed E-state index contributed by atoms with van der Waals surface area (Å²) in [6, 6.07) is 3.69. The number of aromatic nitrogens is 1. The molecule has 1 aromatic heterocycles. The highest BCUT2D eigenvalue weighted by atomic mass is 127. The van der Waals surface area contributed by atoms with E-state index in [1.54, 1.807) is 18.3 Å². The van der Waals surface area contributed by atoms with Gasteiger partial charge in [0.15, 0.2) is 0 Å². The van der Waals surface area contributed by atoms with E-state index in [0.29, 0.717) is 12.4 Å². The zero-order valence-electron chi connectivity index (χ0n) is 16.7. The van der Waals surface area contributed by atoms with Gasteiger partial charge in [-0.2, -0.15) is 0 Å². The summed E-state index contributed by atoms with van der Waals surface area (Å²) in [6.07, 6.45) is 6.61. The van der Waals surface area contributed by atoms with Crippen LogP contribution in [0.15, 0.2) is 30.5 Å². The Morgan fingerprint density at radius 1 is 1.29 bits per heavy atom. The van der Waals surface area contributed by atoms with Crippen LogP contribution in [0.5, 0.6) is 5.88 Å². The highest BCUT2D eigenvalue weighted by Crippen LogP contribution is 2.12. The molecule has 0 aliphatic carbocycles. The van der Waals surface area contributed by atoms with Gasteiger partial charge in [-0.3, -0.25) is 4.79 Å². The lowest BCUT2D eigenvalue weighted by atomic mass is 10.2. The Hall–Kier alpha value is -1.84. The zero-order valence-corrected chi connectivity index (χ0v) is 18.8. The maximum Gasteiger partial charge on any atom is 0.410 e. The number of nitrogens with zero attached hydrogens (tertiary/aromatic N) is 3. The summed E-state index contributed by atoms with van der Waals surface area (Å²) >= 11 is 2.17. The molecule has 0 N–H and O–H groups in total. The van der Waals surface area contributed by atoms with Gasteiger partial charge in [0.1, 0.15) is 12.2 Å². The van der Waals surface area contributed by atoms with Gasteiger partial charge in [-0.05, 0) is 62.3 Å². The van der Waals surface area contributed by atoms with E-state index in [2.05, 4.69) is 27.6 Å². The largest absolute Gasteiger partial charge is 0.476 e. The van der Waals surface area contributed by atoms with E-state index in [4.69, 9.17) is 9.47 Å². The van der Waals surface area contributed by atoms with Gasteiger partial charge in [0.2, 0.25) is 11.8 Å². The first-order chi connectivity index (χ1) is 13.2. The van der Waals surface area contributed by atoms with Crippen molar-refractivity contribution in [2.45, 2.75) is 39.2 Å². The molecule has 1 fully saturated rings. The summed E-state index contributed by atoms with van der Waals surface area (Å²) in [6.45, 7) is 7.95. The van der Waals surface area contributed by atoms with E-state index < -0.39 is 11.7 Å². The highest BCUT2D eigenvalue weighted by Gasteiger charge is 2.22. The SMILES string of the molecule is CC(C)(C)OC(=O)N(C/C=C/C(=O)N1CCCC1)CCOc1ccc(I)cn1. The Kier molecular flexibility index (Phi) is 8.53. The molecule has 0 aromatic carbocycles. The van der Waals surface area contributed by atoms with Crippen molar-refractivity contribution >= 4 is 34.6 Å². The third kappa shape index (κ3) is 8.04. The van der Waals surface area contributed by atoms with E-state index in [1.807, 2.05) is 31.7 Å². The molecule has 7 nitrogen and oxygen atoms in total. The maximum atomic E-state index is 12.5. The van der Waals surface area contributed by atoms with Gasteiger partial charge in [-0.15, -0.1) is 0 Å². The molecule has 154 valence electrons. The second-order valence-corrected chi connectivity index (χ2v) is 8.77. The summed E-state index contributed by atoms with van der Waals surface area (Å²) in [5.41, 5.74) is -0.594. The molecular formula is C20H28IN3O4. The van der Waals surface area contributed by atoms with Crippen LogP contribution in [0.25, 0.3) is 0 Å². The number of pyridine rings is 1. The van der Waals surface area contributed by atoms with Crippen molar-refractivity contribution in [3.8, 4) is 5.88 Å². The molecule has 1 aliphatic rings. The van der Waals surface area contributed by atoms with Crippen LogP contribution in [0.3, 0.4) is 0 Å². The van der Waals surface area contributed by atoms with Crippen LogP contribution >= 0.6 is 22.6 Å². The number of hydrogen-bond acceptors (Lipinski definition) is 5. The Balaban J connectivity index is 1.90. The quantitative estimate of drug-likeness (QED) is 0.423. The summed E-state index contributed by atoms with van der Waals surface area (Å²) in [5, 5.41) is 0. The second-order valence-electron chi connectivity index (χ2n) is 7.52. The van der Waals surface area contributed by atoms with Crippen molar-refractivity contribution in [2.24, 2.45) is 0 Å². The number of rotatable bonds is 7. The van der Waals surface area contributed by atoms with Crippen LogP contribution in [0.4, 0.5) is 4.79 Å². The number of hydrogen-bond donors (Lipinski definition) is 0. The second kappa shape index (κ2) is 10.6. The monoisotopic (exact) mass is 501 g/mol. The molecule has 0 spiro atoms. The van der Waals surface area contributed by atoms with Gasteiger partial charge in [0.05, 0.1) is 6.54 Å². The fourth-order valence-electron chi connectivity index (χ4n) is 2.62. The first kappa shape index (κ1) is 22.4. The van der Waals surface area contributed by atoms with Crippen LogP contribution in [0.2, 0.25) is 0 Å². The molecule has 0 radical (unpaired) electrons. The minimum Gasteiger partial charge on any atom is -0.476 e. The normalized spacial score (nSPS) is 14.4. The van der Waals surface area contributed by atoms with Crippen molar-refractivity contribution in [2.75, 3.05) is 32.8 Å². The summed E-state index contributed by atoms with van der Waals surface area (Å²) in [4.78, 5) is 32.1. The number of ether oxygens (including phenoxy) is 2. The molecular weight excluding hydrogens is 473 g/mol. The Morgan fingerprint density at radius 3 is 2.61 bits per heavy atom. The number of halogens is 1. The summed E-state index contributed by atoms with van der Waals surface area (Å²) < 4.78 is 12.1. The van der Waals surface area contributed by atoms with Crippen molar-refractivity contribution in [3.63, 3.8) is 0 Å². The Bertz CT molecular complexity index is 680. The third-order valence-corrected chi connectivity index (χ3v) is 4.61. The molecule has 8 heteroatoms. The molecule has 0 bridgehead atoms. The van der Waals surface area contributed by atoms with Crippen molar-refractivity contribution in [1.82, 2.24) is 14.8 Å². The topological polar surface area (TPSA) is 72.0 Å². The maximum absolute atomic E-state index is 12.5. The molecule has 0 unspecified atom stereocenters. The number of carbonyl (C=O) groups is 2. The zero-order chi connectivity index (χ0) is 20.6. The van der Waals surface area contributed by atoms with Gasteiger partial charge in [0, 0.05) is 41.5 Å². The van der Waals surface area contributed by atoms with Crippen LogP contribution < -0.4 is 4.74 Å². The lowest BCUT2D eigenvalue weighted by Gasteiger charge is -2.26. The average Bonchev–Trinajstić information content (AvgIpc) is 3.15. The molecule has 1 aromatic rings. The lowest BCUT2D eigenvalue weighted by molar-refractivity contribution is -0.125. The molecule has 0 saturated carbocycles. The number of amides is 2. The van der Waals surface area contributed by atoms with Gasteiger partial charge < -0.3 is 19.3 Å². The molecule has 1 aliphatic heterocycles. The molecule has 2 heterocycles. The Morgan fingerprint density at radius 2 is 2.00 bits per heavy atom. The molecule has 1 saturated heterocycles. The smallest absolute Gasteiger partial charge is 0.410 e. The molecule has 2 amide bonds. The van der Waals surface area contributed by atoms with E-state index in [0.717, 1.165) is 29.5 Å². The molecule has 0 atom stereocenters. The standard InChI is InChI=1S/C20H28IN3O4/c1-20(2,3)28-19(26)24(12-6-7-18(25)23-10-4-5-11-23)13-14-27-17-9-8-16(21)15-22-17/h6-9,15H,4-5,10-14H2,1-3H3/b7-6+. The minimum atomic E-state index is -0.594. The van der Waals surface area contributed by atoms with Crippen LogP contribution in [-0.2, 0) is 9.53 Å².